The number of nitriles is 1. The van der Waals surface area contributed by atoms with Crippen LogP contribution in [0.5, 0.6) is 0 Å². The van der Waals surface area contributed by atoms with Gasteiger partial charge in [0.15, 0.2) is 11.5 Å². The largest absolute Gasteiger partial charge is 0.504 e. The Hall–Kier alpha value is -3.11. The maximum absolute atomic E-state index is 10.5. The Morgan fingerprint density at radius 1 is 1.25 bits per heavy atom. The highest BCUT2D eigenvalue weighted by Crippen LogP contribution is 2.29. The van der Waals surface area contributed by atoms with E-state index in [9.17, 15) is 10.4 Å². The Morgan fingerprint density at radius 2 is 2.04 bits per heavy atom. The van der Waals surface area contributed by atoms with Crippen molar-refractivity contribution in [1.82, 2.24) is 24.5 Å². The van der Waals surface area contributed by atoms with Crippen molar-refractivity contribution >= 4 is 23.1 Å². The summed E-state index contributed by atoms with van der Waals surface area (Å²) in [5, 5.41) is 28.7. The standard InChI is InChI=1S/C16H13ClN6O/c1-10-14(16(17)22(2)20-10)15(24)13(9-18)23-8-6-12(21-23)11-5-3-4-7-19-11/h3-8,24H,1-2H3. The molecule has 8 heteroatoms. The van der Waals surface area contributed by atoms with Gasteiger partial charge in [-0.1, -0.05) is 17.7 Å². The molecule has 0 spiro atoms. The van der Waals surface area contributed by atoms with Crippen LogP contribution in [0, 0.1) is 18.3 Å². The molecule has 3 aromatic heterocycles. The number of hydrogen-bond acceptors (Lipinski definition) is 5. The van der Waals surface area contributed by atoms with E-state index in [4.69, 9.17) is 11.6 Å². The van der Waals surface area contributed by atoms with E-state index in [2.05, 4.69) is 15.2 Å². The molecule has 7 nitrogen and oxygen atoms in total. The topological polar surface area (TPSA) is 92.5 Å². The zero-order valence-electron chi connectivity index (χ0n) is 13.0. The van der Waals surface area contributed by atoms with Gasteiger partial charge in [-0.15, -0.1) is 0 Å². The molecule has 0 aromatic carbocycles. The maximum Gasteiger partial charge on any atom is 0.184 e. The number of aromatic nitrogens is 5. The average molecular weight is 341 g/mol. The molecule has 0 fully saturated rings. The number of pyridine rings is 1. The molecule has 0 aliphatic rings. The molecule has 0 bridgehead atoms. The van der Waals surface area contributed by atoms with Crippen LogP contribution in [0.1, 0.15) is 11.3 Å². The second-order valence-electron chi connectivity index (χ2n) is 5.04. The molecule has 3 heterocycles. The first-order valence-corrected chi connectivity index (χ1v) is 7.41. The summed E-state index contributed by atoms with van der Waals surface area (Å²) in [6, 6.07) is 9.13. The first-order chi connectivity index (χ1) is 11.5. The van der Waals surface area contributed by atoms with Crippen molar-refractivity contribution in [3.63, 3.8) is 0 Å². The van der Waals surface area contributed by atoms with E-state index in [0.29, 0.717) is 22.6 Å². The molecule has 0 saturated carbocycles. The molecular weight excluding hydrogens is 328 g/mol. The number of nitrogens with zero attached hydrogens (tertiary/aromatic N) is 6. The van der Waals surface area contributed by atoms with Crippen molar-refractivity contribution in [3.8, 4) is 17.5 Å². The minimum absolute atomic E-state index is 0.0461. The highest BCUT2D eigenvalue weighted by atomic mass is 35.5. The van der Waals surface area contributed by atoms with Crippen molar-refractivity contribution in [2.75, 3.05) is 0 Å². The summed E-state index contributed by atoms with van der Waals surface area (Å²) in [5.41, 5.74) is 2.04. The summed E-state index contributed by atoms with van der Waals surface area (Å²) >= 11 is 6.16. The van der Waals surface area contributed by atoms with Crippen LogP contribution in [0.3, 0.4) is 0 Å². The lowest BCUT2D eigenvalue weighted by atomic mass is 10.2. The molecule has 120 valence electrons. The summed E-state index contributed by atoms with van der Waals surface area (Å²) in [6.45, 7) is 1.70. The predicted octanol–water partition coefficient (Wildman–Crippen LogP) is 3.05. The fraction of sp³-hybridized carbons (Fsp3) is 0.125. The summed E-state index contributed by atoms with van der Waals surface area (Å²) in [5.74, 6) is -0.274. The maximum atomic E-state index is 10.5. The van der Waals surface area contributed by atoms with Crippen molar-refractivity contribution in [2.24, 2.45) is 7.05 Å². The van der Waals surface area contributed by atoms with Gasteiger partial charge >= 0.3 is 0 Å². The quantitative estimate of drug-likeness (QED) is 0.584. The number of aliphatic hydroxyl groups is 1. The monoisotopic (exact) mass is 340 g/mol. The Labute approximate surface area is 143 Å². The normalized spacial score (nSPS) is 11.9. The third kappa shape index (κ3) is 2.64. The van der Waals surface area contributed by atoms with Gasteiger partial charge in [-0.3, -0.25) is 9.67 Å². The number of allylic oxidation sites excluding steroid dienone is 1. The summed E-state index contributed by atoms with van der Waals surface area (Å²) in [4.78, 5) is 4.21. The molecule has 1 N–H and O–H groups in total. The van der Waals surface area contributed by atoms with Gasteiger partial charge < -0.3 is 5.11 Å². The van der Waals surface area contributed by atoms with Crippen LogP contribution in [-0.2, 0) is 7.05 Å². The van der Waals surface area contributed by atoms with Crippen LogP contribution in [-0.4, -0.2) is 29.7 Å². The minimum Gasteiger partial charge on any atom is -0.504 e. The Morgan fingerprint density at radius 3 is 2.62 bits per heavy atom. The Balaban J connectivity index is 2.10. The van der Waals surface area contributed by atoms with Gasteiger partial charge in [0.2, 0.25) is 0 Å². The van der Waals surface area contributed by atoms with Crippen LogP contribution >= 0.6 is 11.6 Å². The van der Waals surface area contributed by atoms with E-state index in [-0.39, 0.29) is 16.6 Å². The molecule has 0 atom stereocenters. The Bertz CT molecular complexity index is 964. The molecule has 0 aliphatic heterocycles. The number of hydrogen-bond donors (Lipinski definition) is 1. The summed E-state index contributed by atoms with van der Waals surface area (Å²) < 4.78 is 2.72. The highest BCUT2D eigenvalue weighted by molar-refractivity contribution is 6.31. The van der Waals surface area contributed by atoms with Crippen LogP contribution in [0.4, 0.5) is 0 Å². The smallest absolute Gasteiger partial charge is 0.184 e. The molecule has 0 radical (unpaired) electrons. The van der Waals surface area contributed by atoms with E-state index < -0.39 is 0 Å². The number of halogens is 1. The van der Waals surface area contributed by atoms with Gasteiger partial charge in [0, 0.05) is 19.4 Å². The summed E-state index contributed by atoms with van der Waals surface area (Å²) in [7, 11) is 1.66. The van der Waals surface area contributed by atoms with Crippen LogP contribution < -0.4 is 0 Å². The average Bonchev–Trinajstić information content (AvgIpc) is 3.15. The second kappa shape index (κ2) is 6.18. The lowest BCUT2D eigenvalue weighted by molar-refractivity contribution is 0.510. The fourth-order valence-electron chi connectivity index (χ4n) is 2.33. The van der Waals surface area contributed by atoms with Gasteiger partial charge in [-0.05, 0) is 25.1 Å². The summed E-state index contributed by atoms with van der Waals surface area (Å²) in [6.07, 6.45) is 3.24. The number of aliphatic hydroxyl groups excluding tert-OH is 1. The minimum atomic E-state index is -0.274. The third-order valence-corrected chi connectivity index (χ3v) is 3.90. The lowest BCUT2D eigenvalue weighted by Crippen LogP contribution is -2.01. The predicted molar refractivity (Wildman–Crippen MR) is 89.8 cm³/mol. The van der Waals surface area contributed by atoms with Crippen molar-refractivity contribution < 1.29 is 5.11 Å². The van der Waals surface area contributed by atoms with Crippen LogP contribution in [0.25, 0.3) is 22.8 Å². The van der Waals surface area contributed by atoms with Gasteiger partial charge in [-0.2, -0.15) is 15.5 Å². The zero-order chi connectivity index (χ0) is 17.3. The lowest BCUT2D eigenvalue weighted by Gasteiger charge is -2.04. The van der Waals surface area contributed by atoms with Crippen molar-refractivity contribution in [2.45, 2.75) is 6.92 Å². The van der Waals surface area contributed by atoms with E-state index in [1.54, 1.807) is 38.5 Å². The van der Waals surface area contributed by atoms with Crippen LogP contribution in [0.2, 0.25) is 5.15 Å². The van der Waals surface area contributed by atoms with E-state index in [1.807, 2.05) is 18.2 Å². The number of rotatable bonds is 3. The second-order valence-corrected chi connectivity index (χ2v) is 5.40. The van der Waals surface area contributed by atoms with Gasteiger partial charge in [0.25, 0.3) is 0 Å². The highest BCUT2D eigenvalue weighted by Gasteiger charge is 2.20. The zero-order valence-corrected chi connectivity index (χ0v) is 13.7. The molecule has 24 heavy (non-hydrogen) atoms. The molecular formula is C16H13ClN6O. The molecule has 0 aliphatic carbocycles. The molecule has 0 saturated heterocycles. The Kier molecular flexibility index (Phi) is 4.06. The van der Waals surface area contributed by atoms with Crippen molar-refractivity contribution in [3.05, 3.63) is 53.1 Å². The molecule has 0 unspecified atom stereocenters. The first kappa shape index (κ1) is 15.8. The van der Waals surface area contributed by atoms with Crippen molar-refractivity contribution in [1.29, 1.82) is 5.26 Å². The first-order valence-electron chi connectivity index (χ1n) is 7.03. The van der Waals surface area contributed by atoms with E-state index in [1.165, 1.54) is 9.36 Å². The fourth-order valence-corrected chi connectivity index (χ4v) is 2.59. The van der Waals surface area contributed by atoms with E-state index in [0.717, 1.165) is 0 Å². The molecule has 3 aromatic rings. The molecule has 0 amide bonds. The number of aryl methyl sites for hydroxylation is 2. The third-order valence-electron chi connectivity index (χ3n) is 3.46. The van der Waals surface area contributed by atoms with Gasteiger partial charge in [0.05, 0.1) is 17.0 Å². The van der Waals surface area contributed by atoms with Gasteiger partial charge in [0.1, 0.15) is 16.9 Å². The van der Waals surface area contributed by atoms with Crippen LogP contribution in [0.15, 0.2) is 36.7 Å². The SMILES string of the molecule is Cc1nn(C)c(Cl)c1C(O)=C(C#N)n1ccc(-c2ccccn2)n1. The van der Waals surface area contributed by atoms with E-state index >= 15 is 0 Å². The molecule has 3 rings (SSSR count). The van der Waals surface area contributed by atoms with Gasteiger partial charge in [-0.25, -0.2) is 4.68 Å².